The number of aliphatic hydroxyl groups is 2. The van der Waals surface area contributed by atoms with Gasteiger partial charge < -0.3 is 35.1 Å². The van der Waals surface area contributed by atoms with Gasteiger partial charge in [0.25, 0.3) is 0 Å². The van der Waals surface area contributed by atoms with Crippen LogP contribution in [0.4, 0.5) is 19.0 Å². The van der Waals surface area contributed by atoms with E-state index < -0.39 is 56.6 Å². The summed E-state index contributed by atoms with van der Waals surface area (Å²) in [5.41, 5.74) is 0.488. The van der Waals surface area contributed by atoms with E-state index in [4.69, 9.17) is 14.2 Å². The summed E-state index contributed by atoms with van der Waals surface area (Å²) in [7, 11) is 0. The SMILES string of the molecule is CC(=O)Nc1ncnc2c1ncn2[C@@H]1O[C@H](CO)[C@H](O)[C@H]1OCOCCNC(=O)C(F)(F)F. The van der Waals surface area contributed by atoms with Gasteiger partial charge in [0.05, 0.1) is 19.5 Å². The van der Waals surface area contributed by atoms with Crippen molar-refractivity contribution >= 4 is 28.8 Å². The Morgan fingerprint density at radius 2 is 2.06 bits per heavy atom. The van der Waals surface area contributed by atoms with Crippen molar-refractivity contribution < 1.29 is 47.2 Å². The lowest BCUT2D eigenvalue weighted by Gasteiger charge is -2.22. The van der Waals surface area contributed by atoms with Crippen LogP contribution in [0.5, 0.6) is 0 Å². The number of hydrogen-bond donors (Lipinski definition) is 4. The van der Waals surface area contributed by atoms with Crippen molar-refractivity contribution in [3.8, 4) is 0 Å². The van der Waals surface area contributed by atoms with E-state index in [9.17, 15) is 33.0 Å². The standard InChI is InChI=1S/C17H21F3N6O7/c1-8(28)25-13-10-14(23-5-22-13)26(6-24-10)15-12(11(29)9(4-27)33-15)32-7-31-3-2-21-16(30)17(18,19)20/h5-6,9,11-12,15,27,29H,2-4,7H2,1H3,(H,21,30)(H,22,23,25,28)/t9-,11+,12-,15-/m1/s1. The predicted octanol–water partition coefficient (Wildman–Crippen LogP) is -0.927. The number of aromatic nitrogens is 4. The molecule has 3 heterocycles. The maximum absolute atomic E-state index is 12.1. The quantitative estimate of drug-likeness (QED) is 0.261. The maximum atomic E-state index is 12.1. The normalized spacial score (nSPS) is 23.1. The first kappa shape index (κ1) is 24.7. The van der Waals surface area contributed by atoms with Gasteiger partial charge in [-0.2, -0.15) is 13.2 Å². The van der Waals surface area contributed by atoms with Crippen LogP contribution in [-0.4, -0.2) is 92.6 Å². The highest BCUT2D eigenvalue weighted by molar-refractivity contribution is 5.95. The number of aliphatic hydroxyl groups excluding tert-OH is 2. The molecule has 1 fully saturated rings. The molecule has 0 unspecified atom stereocenters. The number of fused-ring (bicyclic) bond motifs is 1. The molecule has 2 amide bonds. The molecule has 2 aromatic heterocycles. The van der Waals surface area contributed by atoms with Gasteiger partial charge in [0.1, 0.15) is 31.4 Å². The molecule has 0 bridgehead atoms. The van der Waals surface area contributed by atoms with Gasteiger partial charge in [-0.15, -0.1) is 0 Å². The number of nitrogens with zero attached hydrogens (tertiary/aromatic N) is 4. The first-order valence-electron chi connectivity index (χ1n) is 9.57. The molecule has 0 aromatic carbocycles. The number of amides is 2. The number of halogens is 3. The van der Waals surface area contributed by atoms with Gasteiger partial charge >= 0.3 is 12.1 Å². The number of imidazole rings is 1. The Bertz CT molecular complexity index is 988. The summed E-state index contributed by atoms with van der Waals surface area (Å²) in [5, 5.41) is 24.1. The molecule has 1 aliphatic rings. The Hall–Kier alpha value is -2.92. The highest BCUT2D eigenvalue weighted by Crippen LogP contribution is 2.34. The number of alkyl halides is 3. The van der Waals surface area contributed by atoms with Crippen LogP contribution in [0.15, 0.2) is 12.7 Å². The molecule has 13 nitrogen and oxygen atoms in total. The lowest BCUT2D eigenvalue weighted by Crippen LogP contribution is -2.39. The first-order valence-corrected chi connectivity index (χ1v) is 9.57. The van der Waals surface area contributed by atoms with Crippen molar-refractivity contribution in [2.24, 2.45) is 0 Å². The highest BCUT2D eigenvalue weighted by atomic mass is 19.4. The highest BCUT2D eigenvalue weighted by Gasteiger charge is 2.46. The minimum atomic E-state index is -4.99. The molecule has 1 aliphatic heterocycles. The number of rotatable bonds is 9. The Kier molecular flexibility index (Phi) is 7.75. The average molecular weight is 478 g/mol. The van der Waals surface area contributed by atoms with Crippen LogP contribution in [0.2, 0.25) is 0 Å². The van der Waals surface area contributed by atoms with E-state index in [1.165, 1.54) is 24.1 Å². The third-order valence-corrected chi connectivity index (χ3v) is 4.55. The Morgan fingerprint density at radius 1 is 1.30 bits per heavy atom. The van der Waals surface area contributed by atoms with Crippen LogP contribution < -0.4 is 10.6 Å². The second-order valence-corrected chi connectivity index (χ2v) is 6.88. The van der Waals surface area contributed by atoms with E-state index >= 15 is 0 Å². The minimum absolute atomic E-state index is 0.158. The summed E-state index contributed by atoms with van der Waals surface area (Å²) in [6, 6.07) is 0. The fraction of sp³-hybridized carbons (Fsp3) is 0.588. The fourth-order valence-electron chi connectivity index (χ4n) is 3.09. The van der Waals surface area contributed by atoms with Gasteiger partial charge in [-0.1, -0.05) is 0 Å². The molecule has 4 N–H and O–H groups in total. The van der Waals surface area contributed by atoms with E-state index in [0.717, 1.165) is 0 Å². The molecule has 33 heavy (non-hydrogen) atoms. The summed E-state index contributed by atoms with van der Waals surface area (Å²) in [6.45, 7) is -0.392. The Morgan fingerprint density at radius 3 is 2.73 bits per heavy atom. The Balaban J connectivity index is 1.66. The van der Waals surface area contributed by atoms with Crippen molar-refractivity contribution in [3.05, 3.63) is 12.7 Å². The fourth-order valence-corrected chi connectivity index (χ4v) is 3.09. The number of carbonyl (C=O) groups is 2. The van der Waals surface area contributed by atoms with Gasteiger partial charge in [-0.25, -0.2) is 15.0 Å². The molecular weight excluding hydrogens is 457 g/mol. The van der Waals surface area contributed by atoms with E-state index in [0.29, 0.717) is 0 Å². The van der Waals surface area contributed by atoms with Crippen LogP contribution >= 0.6 is 0 Å². The summed E-state index contributed by atoms with van der Waals surface area (Å²) in [5.74, 6) is -2.31. The van der Waals surface area contributed by atoms with Crippen LogP contribution in [0.3, 0.4) is 0 Å². The number of ether oxygens (including phenoxy) is 3. The third-order valence-electron chi connectivity index (χ3n) is 4.55. The summed E-state index contributed by atoms with van der Waals surface area (Å²) >= 11 is 0. The maximum Gasteiger partial charge on any atom is 0.471 e. The lowest BCUT2D eigenvalue weighted by atomic mass is 10.1. The summed E-state index contributed by atoms with van der Waals surface area (Å²) < 4.78 is 54.1. The van der Waals surface area contributed by atoms with Crippen LogP contribution in [0.1, 0.15) is 13.2 Å². The third kappa shape index (κ3) is 5.72. The van der Waals surface area contributed by atoms with Gasteiger partial charge in [-0.05, 0) is 0 Å². The predicted molar refractivity (Wildman–Crippen MR) is 101 cm³/mol. The molecule has 0 saturated carbocycles. The van der Waals surface area contributed by atoms with Crippen molar-refractivity contribution in [2.45, 2.75) is 37.6 Å². The summed E-state index contributed by atoms with van der Waals surface area (Å²) in [6.07, 6.45) is -6.88. The molecule has 2 aromatic rings. The average Bonchev–Trinajstić information content (AvgIpc) is 3.31. The van der Waals surface area contributed by atoms with Crippen LogP contribution in [-0.2, 0) is 23.8 Å². The smallest absolute Gasteiger partial charge is 0.394 e. The van der Waals surface area contributed by atoms with Gasteiger partial charge in [0.15, 0.2) is 23.2 Å². The molecule has 3 rings (SSSR count). The van der Waals surface area contributed by atoms with Crippen molar-refractivity contribution in [1.82, 2.24) is 24.8 Å². The number of anilines is 1. The first-order chi connectivity index (χ1) is 15.6. The Labute approximate surface area is 183 Å². The molecule has 182 valence electrons. The zero-order valence-corrected chi connectivity index (χ0v) is 17.2. The number of hydrogen-bond acceptors (Lipinski definition) is 10. The topological polar surface area (TPSA) is 170 Å². The molecular formula is C17H21F3N6O7. The minimum Gasteiger partial charge on any atom is -0.394 e. The second kappa shape index (κ2) is 10.3. The number of nitrogens with one attached hydrogen (secondary N) is 2. The monoisotopic (exact) mass is 478 g/mol. The zero-order valence-electron chi connectivity index (χ0n) is 17.2. The van der Waals surface area contributed by atoms with Gasteiger partial charge in [-0.3, -0.25) is 14.2 Å². The van der Waals surface area contributed by atoms with Gasteiger partial charge in [0, 0.05) is 13.5 Å². The largest absolute Gasteiger partial charge is 0.471 e. The van der Waals surface area contributed by atoms with Gasteiger partial charge in [0.2, 0.25) is 5.91 Å². The molecule has 0 aliphatic carbocycles. The van der Waals surface area contributed by atoms with E-state index in [1.807, 2.05) is 0 Å². The molecule has 1 saturated heterocycles. The second-order valence-electron chi connectivity index (χ2n) is 6.88. The molecule has 0 spiro atoms. The molecule has 0 radical (unpaired) electrons. The number of carbonyl (C=O) groups excluding carboxylic acids is 2. The van der Waals surface area contributed by atoms with E-state index in [2.05, 4.69) is 20.3 Å². The van der Waals surface area contributed by atoms with Crippen molar-refractivity contribution in [2.75, 3.05) is 31.9 Å². The lowest BCUT2D eigenvalue weighted by molar-refractivity contribution is -0.174. The zero-order chi connectivity index (χ0) is 24.2. The van der Waals surface area contributed by atoms with Crippen LogP contribution in [0.25, 0.3) is 11.2 Å². The van der Waals surface area contributed by atoms with Crippen molar-refractivity contribution in [1.29, 1.82) is 0 Å². The molecule has 16 heteroatoms. The summed E-state index contributed by atoms with van der Waals surface area (Å²) in [4.78, 5) is 34.4. The van der Waals surface area contributed by atoms with E-state index in [-0.39, 0.29) is 29.5 Å². The van der Waals surface area contributed by atoms with E-state index in [1.54, 1.807) is 5.32 Å². The van der Waals surface area contributed by atoms with Crippen LogP contribution in [0, 0.1) is 0 Å². The molecule has 4 atom stereocenters. The van der Waals surface area contributed by atoms with Crippen molar-refractivity contribution in [3.63, 3.8) is 0 Å².